The largest absolute Gasteiger partial charge is 0.508 e. The average molecular weight is 250 g/mol. The first-order valence-corrected chi connectivity index (χ1v) is 6.28. The zero-order chi connectivity index (χ0) is 13.5. The maximum Gasteiger partial charge on any atom is 0.222 e. The van der Waals surface area contributed by atoms with Gasteiger partial charge in [-0.15, -0.1) is 0 Å². The van der Waals surface area contributed by atoms with Crippen molar-refractivity contribution in [1.82, 2.24) is 4.90 Å². The highest BCUT2D eigenvalue weighted by Gasteiger charge is 2.14. The number of hydrogen-bond acceptors (Lipinski definition) is 3. The number of carbonyl (C=O) groups is 1. The van der Waals surface area contributed by atoms with Crippen molar-refractivity contribution in [2.75, 3.05) is 13.6 Å². The number of nitrogens with two attached hydrogens (primary N) is 1. The monoisotopic (exact) mass is 250 g/mol. The third-order valence-electron chi connectivity index (χ3n) is 3.13. The third kappa shape index (κ3) is 4.37. The van der Waals surface area contributed by atoms with Crippen LogP contribution in [0.3, 0.4) is 0 Å². The molecule has 1 aromatic carbocycles. The van der Waals surface area contributed by atoms with E-state index in [1.54, 1.807) is 30.1 Å². The molecule has 0 fully saturated rings. The molecule has 0 spiro atoms. The SMILES string of the molecule is CCC(CN)CC(=O)N(C)Cc1cccc(O)c1. The first-order valence-electron chi connectivity index (χ1n) is 6.28. The van der Waals surface area contributed by atoms with Crippen LogP contribution < -0.4 is 5.73 Å². The van der Waals surface area contributed by atoms with Gasteiger partial charge in [-0.3, -0.25) is 4.79 Å². The van der Waals surface area contributed by atoms with E-state index in [-0.39, 0.29) is 17.6 Å². The Morgan fingerprint density at radius 1 is 1.50 bits per heavy atom. The molecule has 0 bridgehead atoms. The van der Waals surface area contributed by atoms with Crippen LogP contribution in [0.5, 0.6) is 5.75 Å². The van der Waals surface area contributed by atoms with E-state index in [0.29, 0.717) is 19.5 Å². The number of carbonyl (C=O) groups excluding carboxylic acids is 1. The number of phenolic OH excluding ortho intramolecular Hbond substituents is 1. The van der Waals surface area contributed by atoms with Crippen molar-refractivity contribution < 1.29 is 9.90 Å². The van der Waals surface area contributed by atoms with Gasteiger partial charge in [-0.1, -0.05) is 25.5 Å². The van der Waals surface area contributed by atoms with Crippen LogP contribution in [0.15, 0.2) is 24.3 Å². The fraction of sp³-hybridized carbons (Fsp3) is 0.500. The van der Waals surface area contributed by atoms with Crippen LogP contribution in [-0.2, 0) is 11.3 Å². The predicted molar refractivity (Wildman–Crippen MR) is 72.0 cm³/mol. The molecule has 0 aliphatic heterocycles. The van der Waals surface area contributed by atoms with E-state index < -0.39 is 0 Å². The summed E-state index contributed by atoms with van der Waals surface area (Å²) in [5, 5.41) is 9.37. The first-order chi connectivity index (χ1) is 8.56. The Kier molecular flexibility index (Phi) is 5.65. The number of aromatic hydroxyl groups is 1. The van der Waals surface area contributed by atoms with E-state index in [9.17, 15) is 9.90 Å². The highest BCUT2D eigenvalue weighted by Crippen LogP contribution is 2.14. The van der Waals surface area contributed by atoms with Crippen LogP contribution in [-0.4, -0.2) is 29.5 Å². The minimum Gasteiger partial charge on any atom is -0.508 e. The molecule has 1 aromatic rings. The molecule has 1 amide bonds. The third-order valence-corrected chi connectivity index (χ3v) is 3.13. The van der Waals surface area contributed by atoms with Crippen LogP contribution in [0.25, 0.3) is 0 Å². The second-order valence-corrected chi connectivity index (χ2v) is 4.63. The predicted octanol–water partition coefficient (Wildman–Crippen LogP) is 1.73. The van der Waals surface area contributed by atoms with Gasteiger partial charge in [-0.2, -0.15) is 0 Å². The van der Waals surface area contributed by atoms with Gasteiger partial charge in [0.05, 0.1) is 0 Å². The van der Waals surface area contributed by atoms with E-state index >= 15 is 0 Å². The van der Waals surface area contributed by atoms with Crippen LogP contribution in [0.2, 0.25) is 0 Å². The summed E-state index contributed by atoms with van der Waals surface area (Å²) in [5.74, 6) is 0.571. The Bertz CT molecular complexity index is 389. The fourth-order valence-corrected chi connectivity index (χ4v) is 1.81. The van der Waals surface area contributed by atoms with E-state index in [0.717, 1.165) is 12.0 Å². The number of rotatable bonds is 6. The maximum absolute atomic E-state index is 12.0. The normalized spacial score (nSPS) is 12.2. The van der Waals surface area contributed by atoms with Gasteiger partial charge in [-0.25, -0.2) is 0 Å². The molecule has 0 saturated heterocycles. The Hall–Kier alpha value is -1.55. The van der Waals surface area contributed by atoms with Crippen molar-refractivity contribution in [3.05, 3.63) is 29.8 Å². The van der Waals surface area contributed by atoms with Crippen LogP contribution >= 0.6 is 0 Å². The molecule has 0 heterocycles. The molecule has 18 heavy (non-hydrogen) atoms. The minimum atomic E-state index is 0.0932. The molecule has 0 aliphatic carbocycles. The highest BCUT2D eigenvalue weighted by molar-refractivity contribution is 5.76. The second-order valence-electron chi connectivity index (χ2n) is 4.63. The lowest BCUT2D eigenvalue weighted by atomic mass is 10.0. The summed E-state index contributed by atoms with van der Waals surface area (Å²) in [6, 6.07) is 6.96. The standard InChI is InChI=1S/C14H22N2O2/c1-3-11(9-15)8-14(18)16(2)10-12-5-4-6-13(17)7-12/h4-7,11,17H,3,8-10,15H2,1-2H3. The lowest BCUT2D eigenvalue weighted by Gasteiger charge is -2.20. The lowest BCUT2D eigenvalue weighted by Crippen LogP contribution is -2.29. The van der Waals surface area contributed by atoms with Crippen molar-refractivity contribution in [3.63, 3.8) is 0 Å². The van der Waals surface area contributed by atoms with Crippen LogP contribution in [0.1, 0.15) is 25.3 Å². The molecule has 0 radical (unpaired) electrons. The summed E-state index contributed by atoms with van der Waals surface area (Å²) in [7, 11) is 1.77. The minimum absolute atomic E-state index is 0.0932. The summed E-state index contributed by atoms with van der Waals surface area (Å²) in [4.78, 5) is 13.6. The van der Waals surface area contributed by atoms with Gasteiger partial charge < -0.3 is 15.7 Å². The summed E-state index contributed by atoms with van der Waals surface area (Å²) in [5.41, 5.74) is 6.52. The molecule has 0 aliphatic rings. The fourth-order valence-electron chi connectivity index (χ4n) is 1.81. The smallest absolute Gasteiger partial charge is 0.222 e. The van der Waals surface area contributed by atoms with Crippen molar-refractivity contribution in [3.8, 4) is 5.75 Å². The van der Waals surface area contributed by atoms with Crippen molar-refractivity contribution in [2.24, 2.45) is 11.7 Å². The summed E-state index contributed by atoms with van der Waals surface area (Å²) in [6.07, 6.45) is 1.41. The molecule has 0 aromatic heterocycles. The van der Waals surface area contributed by atoms with Crippen molar-refractivity contribution in [1.29, 1.82) is 0 Å². The molecule has 3 N–H and O–H groups in total. The van der Waals surface area contributed by atoms with Crippen LogP contribution in [0.4, 0.5) is 0 Å². The Morgan fingerprint density at radius 2 is 2.22 bits per heavy atom. The Labute approximate surface area is 108 Å². The number of amides is 1. The number of nitrogens with zero attached hydrogens (tertiary/aromatic N) is 1. The molecule has 1 atom stereocenters. The molecule has 1 unspecified atom stereocenters. The quantitative estimate of drug-likeness (QED) is 0.808. The van der Waals surface area contributed by atoms with E-state index in [4.69, 9.17) is 5.73 Å². The van der Waals surface area contributed by atoms with Gasteiger partial charge in [-0.05, 0) is 30.2 Å². The Morgan fingerprint density at radius 3 is 2.78 bits per heavy atom. The van der Waals surface area contributed by atoms with Crippen molar-refractivity contribution >= 4 is 5.91 Å². The molecule has 100 valence electrons. The first kappa shape index (κ1) is 14.5. The van der Waals surface area contributed by atoms with Gasteiger partial charge in [0, 0.05) is 20.0 Å². The topological polar surface area (TPSA) is 66.6 Å². The van der Waals surface area contributed by atoms with Gasteiger partial charge in [0.25, 0.3) is 0 Å². The molecule has 0 saturated carbocycles. The maximum atomic E-state index is 12.0. The van der Waals surface area contributed by atoms with Gasteiger partial charge in [0.15, 0.2) is 0 Å². The molecular formula is C14H22N2O2. The summed E-state index contributed by atoms with van der Waals surface area (Å²) in [6.45, 7) is 3.09. The van der Waals surface area contributed by atoms with Gasteiger partial charge in [0.1, 0.15) is 5.75 Å². The van der Waals surface area contributed by atoms with E-state index in [2.05, 4.69) is 0 Å². The van der Waals surface area contributed by atoms with E-state index in [1.165, 1.54) is 0 Å². The molecule has 4 nitrogen and oxygen atoms in total. The van der Waals surface area contributed by atoms with Crippen LogP contribution in [0, 0.1) is 5.92 Å². The molecular weight excluding hydrogens is 228 g/mol. The zero-order valence-corrected chi connectivity index (χ0v) is 11.1. The molecule has 1 rings (SSSR count). The van der Waals surface area contributed by atoms with Crippen molar-refractivity contribution in [2.45, 2.75) is 26.3 Å². The summed E-state index contributed by atoms with van der Waals surface area (Å²) < 4.78 is 0. The second kappa shape index (κ2) is 7.01. The highest BCUT2D eigenvalue weighted by atomic mass is 16.3. The van der Waals surface area contributed by atoms with Gasteiger partial charge >= 0.3 is 0 Å². The Balaban J connectivity index is 2.54. The number of benzene rings is 1. The average Bonchev–Trinajstić information content (AvgIpc) is 2.35. The van der Waals surface area contributed by atoms with E-state index in [1.807, 2.05) is 13.0 Å². The number of hydrogen-bond donors (Lipinski definition) is 2. The molecule has 4 heteroatoms. The number of phenols is 1. The van der Waals surface area contributed by atoms with Gasteiger partial charge in [0.2, 0.25) is 5.91 Å². The zero-order valence-electron chi connectivity index (χ0n) is 11.1. The lowest BCUT2D eigenvalue weighted by molar-refractivity contribution is -0.131. The summed E-state index contributed by atoms with van der Waals surface area (Å²) >= 11 is 0.